The summed E-state index contributed by atoms with van der Waals surface area (Å²) in [7, 11) is 0. The van der Waals surface area contributed by atoms with Gasteiger partial charge in [-0.3, -0.25) is 4.90 Å². The van der Waals surface area contributed by atoms with Gasteiger partial charge in [0.15, 0.2) is 0 Å². The molecule has 0 aromatic heterocycles. The highest BCUT2D eigenvalue weighted by Crippen LogP contribution is 2.32. The molecule has 0 atom stereocenters. The fourth-order valence-electron chi connectivity index (χ4n) is 2.15. The lowest BCUT2D eigenvalue weighted by Gasteiger charge is -2.25. The molecule has 0 unspecified atom stereocenters. The average molecular weight is 291 g/mol. The molecule has 1 heterocycles. The number of hydrogen-bond acceptors (Lipinski definition) is 2. The lowest BCUT2D eigenvalue weighted by atomic mass is 10.1. The molecule has 0 bridgehead atoms. The van der Waals surface area contributed by atoms with E-state index in [0.717, 1.165) is 30.1 Å². The van der Waals surface area contributed by atoms with Gasteiger partial charge in [-0.2, -0.15) is 0 Å². The molecule has 1 aromatic carbocycles. The molecular weight excluding hydrogens is 262 g/mol. The number of aryl methyl sites for hydroxylation is 1. The van der Waals surface area contributed by atoms with Crippen molar-refractivity contribution in [3.8, 4) is 0 Å². The standard InChI is InChI=1S/C14H19NO2.C4H10/c1-10-6-5-7-11-8-9-15(12(10)11)13(16)17-14(2,3)4;1-4(2)3/h5-7H,8-9H2,1-4H3;4H,1-3H3. The summed E-state index contributed by atoms with van der Waals surface area (Å²) in [6.45, 7) is 14.9. The van der Waals surface area contributed by atoms with Crippen molar-refractivity contribution in [1.29, 1.82) is 0 Å². The second-order valence-corrected chi connectivity index (χ2v) is 7.20. The lowest BCUT2D eigenvalue weighted by Crippen LogP contribution is -2.36. The van der Waals surface area contributed by atoms with E-state index in [9.17, 15) is 4.79 Å². The molecule has 1 aliphatic rings. The van der Waals surface area contributed by atoms with Crippen molar-refractivity contribution in [2.24, 2.45) is 5.92 Å². The minimum Gasteiger partial charge on any atom is -0.443 e. The van der Waals surface area contributed by atoms with Gasteiger partial charge < -0.3 is 4.74 Å². The maximum Gasteiger partial charge on any atom is 0.414 e. The third-order valence-corrected chi connectivity index (χ3v) is 2.81. The van der Waals surface area contributed by atoms with Gasteiger partial charge in [-0.25, -0.2) is 4.79 Å². The average Bonchev–Trinajstić information content (AvgIpc) is 2.71. The number of rotatable bonds is 0. The van der Waals surface area contributed by atoms with Gasteiger partial charge in [0.05, 0.1) is 5.69 Å². The first-order valence-corrected chi connectivity index (χ1v) is 7.71. The smallest absolute Gasteiger partial charge is 0.414 e. The van der Waals surface area contributed by atoms with E-state index in [-0.39, 0.29) is 6.09 Å². The van der Waals surface area contributed by atoms with Gasteiger partial charge >= 0.3 is 6.09 Å². The molecule has 0 aliphatic carbocycles. The number of anilines is 1. The van der Waals surface area contributed by atoms with E-state index >= 15 is 0 Å². The SMILES string of the molecule is CC(C)C.Cc1cccc2c1N(C(=O)OC(C)(C)C)CC2. The van der Waals surface area contributed by atoms with Gasteiger partial charge in [0.25, 0.3) is 0 Å². The van der Waals surface area contributed by atoms with Crippen LogP contribution in [0.3, 0.4) is 0 Å². The summed E-state index contributed by atoms with van der Waals surface area (Å²) in [4.78, 5) is 13.8. The highest BCUT2D eigenvalue weighted by molar-refractivity contribution is 5.91. The summed E-state index contributed by atoms with van der Waals surface area (Å²) in [5.74, 6) is 0.833. The van der Waals surface area contributed by atoms with E-state index < -0.39 is 5.60 Å². The molecule has 0 radical (unpaired) electrons. The third kappa shape index (κ3) is 5.41. The van der Waals surface area contributed by atoms with Gasteiger partial charge in [-0.1, -0.05) is 39.0 Å². The Kier molecular flexibility index (Phi) is 5.82. The van der Waals surface area contributed by atoms with Crippen LogP contribution in [0.5, 0.6) is 0 Å². The second-order valence-electron chi connectivity index (χ2n) is 7.20. The number of fused-ring (bicyclic) bond motifs is 1. The predicted octanol–water partition coefficient (Wildman–Crippen LogP) is 4.95. The molecule has 0 saturated heterocycles. The highest BCUT2D eigenvalue weighted by Gasteiger charge is 2.29. The van der Waals surface area contributed by atoms with Gasteiger partial charge in [0.1, 0.15) is 5.60 Å². The Hall–Kier alpha value is -1.51. The molecule has 21 heavy (non-hydrogen) atoms. The Labute approximate surface area is 129 Å². The molecule has 3 nitrogen and oxygen atoms in total. The molecule has 1 aliphatic heterocycles. The van der Waals surface area contributed by atoms with E-state index in [2.05, 4.69) is 26.8 Å². The van der Waals surface area contributed by atoms with Crippen molar-refractivity contribution >= 4 is 11.8 Å². The van der Waals surface area contributed by atoms with Crippen LogP contribution in [0.4, 0.5) is 10.5 Å². The number of carbonyl (C=O) groups is 1. The maximum absolute atomic E-state index is 12.1. The van der Waals surface area contributed by atoms with E-state index in [1.165, 1.54) is 5.56 Å². The predicted molar refractivity (Wildman–Crippen MR) is 89.0 cm³/mol. The zero-order valence-corrected chi connectivity index (χ0v) is 14.5. The zero-order valence-electron chi connectivity index (χ0n) is 14.5. The van der Waals surface area contributed by atoms with Crippen LogP contribution in [0.25, 0.3) is 0 Å². The van der Waals surface area contributed by atoms with E-state index in [4.69, 9.17) is 4.74 Å². The maximum atomic E-state index is 12.1. The van der Waals surface area contributed by atoms with Crippen LogP contribution >= 0.6 is 0 Å². The number of ether oxygens (including phenoxy) is 1. The van der Waals surface area contributed by atoms with Crippen molar-refractivity contribution in [2.75, 3.05) is 11.4 Å². The number of carbonyl (C=O) groups excluding carboxylic acids is 1. The number of benzene rings is 1. The Bertz CT molecular complexity index is 484. The van der Waals surface area contributed by atoms with Gasteiger partial charge in [0, 0.05) is 6.54 Å². The number of para-hydroxylation sites is 1. The van der Waals surface area contributed by atoms with Gasteiger partial charge in [-0.05, 0) is 51.2 Å². The minimum absolute atomic E-state index is 0.245. The van der Waals surface area contributed by atoms with Crippen LogP contribution in [0, 0.1) is 12.8 Å². The number of amides is 1. The van der Waals surface area contributed by atoms with Crippen LogP contribution in [0.15, 0.2) is 18.2 Å². The molecule has 1 aromatic rings. The fourth-order valence-corrected chi connectivity index (χ4v) is 2.15. The first kappa shape index (κ1) is 17.5. The molecule has 3 heteroatoms. The molecule has 2 rings (SSSR count). The summed E-state index contributed by atoms with van der Waals surface area (Å²) in [5, 5.41) is 0. The van der Waals surface area contributed by atoms with Crippen LogP contribution in [-0.4, -0.2) is 18.2 Å². The zero-order chi connectivity index (χ0) is 16.2. The Morgan fingerprint density at radius 2 is 1.81 bits per heavy atom. The minimum atomic E-state index is -0.442. The number of nitrogens with zero attached hydrogens (tertiary/aromatic N) is 1. The van der Waals surface area contributed by atoms with Crippen molar-refractivity contribution in [3.05, 3.63) is 29.3 Å². The van der Waals surface area contributed by atoms with Crippen LogP contribution < -0.4 is 4.90 Å². The van der Waals surface area contributed by atoms with E-state index in [0.29, 0.717) is 0 Å². The van der Waals surface area contributed by atoms with Crippen LogP contribution in [-0.2, 0) is 11.2 Å². The topological polar surface area (TPSA) is 29.5 Å². The molecule has 118 valence electrons. The molecule has 1 amide bonds. The molecule has 0 saturated carbocycles. The summed E-state index contributed by atoms with van der Waals surface area (Å²) >= 11 is 0. The largest absolute Gasteiger partial charge is 0.443 e. The fraction of sp³-hybridized carbons (Fsp3) is 0.611. The summed E-state index contributed by atoms with van der Waals surface area (Å²) in [6.07, 6.45) is 0.668. The molecule has 0 fully saturated rings. The van der Waals surface area contributed by atoms with Gasteiger partial charge in [-0.15, -0.1) is 0 Å². The monoisotopic (exact) mass is 291 g/mol. The second kappa shape index (κ2) is 6.97. The van der Waals surface area contributed by atoms with Crippen LogP contribution in [0.1, 0.15) is 52.7 Å². The van der Waals surface area contributed by atoms with E-state index in [1.54, 1.807) is 4.90 Å². The Morgan fingerprint density at radius 1 is 1.24 bits per heavy atom. The highest BCUT2D eigenvalue weighted by atomic mass is 16.6. The Morgan fingerprint density at radius 3 is 2.33 bits per heavy atom. The van der Waals surface area contributed by atoms with Crippen molar-refractivity contribution in [1.82, 2.24) is 0 Å². The van der Waals surface area contributed by atoms with Gasteiger partial charge in [0.2, 0.25) is 0 Å². The summed E-state index contributed by atoms with van der Waals surface area (Å²) < 4.78 is 5.42. The summed E-state index contributed by atoms with van der Waals surface area (Å²) in [5.41, 5.74) is 2.95. The van der Waals surface area contributed by atoms with Crippen molar-refractivity contribution < 1.29 is 9.53 Å². The third-order valence-electron chi connectivity index (χ3n) is 2.81. The van der Waals surface area contributed by atoms with Crippen LogP contribution in [0.2, 0.25) is 0 Å². The molecule has 0 N–H and O–H groups in total. The molecular formula is C18H29NO2. The number of hydrogen-bond donors (Lipinski definition) is 0. The normalized spacial score (nSPS) is 13.6. The first-order valence-electron chi connectivity index (χ1n) is 7.71. The lowest BCUT2D eigenvalue weighted by molar-refractivity contribution is 0.0584. The Balaban J connectivity index is 0.000000491. The summed E-state index contributed by atoms with van der Waals surface area (Å²) in [6, 6.07) is 6.14. The molecule has 0 spiro atoms. The first-order chi connectivity index (χ1) is 9.61. The van der Waals surface area contributed by atoms with Crippen molar-refractivity contribution in [2.45, 2.75) is 60.5 Å². The van der Waals surface area contributed by atoms with Crippen molar-refractivity contribution in [3.63, 3.8) is 0 Å². The quantitative estimate of drug-likeness (QED) is 0.676. The van der Waals surface area contributed by atoms with E-state index in [1.807, 2.05) is 39.8 Å².